The van der Waals surface area contributed by atoms with Gasteiger partial charge in [0.2, 0.25) is 0 Å². The zero-order valence-corrected chi connectivity index (χ0v) is 8.64. The molecule has 0 aromatic heterocycles. The molecule has 76 valence electrons. The summed E-state index contributed by atoms with van der Waals surface area (Å²) >= 11 is 0. The summed E-state index contributed by atoms with van der Waals surface area (Å²) in [6.07, 6.45) is 1.88. The van der Waals surface area contributed by atoms with Gasteiger partial charge in [-0.15, -0.1) is 0 Å². The lowest BCUT2D eigenvalue weighted by molar-refractivity contribution is 0.911. The molecule has 0 saturated heterocycles. The molecule has 0 amide bonds. The lowest BCUT2D eigenvalue weighted by atomic mass is 10.0. The Labute approximate surface area is 88.8 Å². The van der Waals surface area contributed by atoms with Gasteiger partial charge in [0.05, 0.1) is 18.2 Å². The van der Waals surface area contributed by atoms with Crippen LogP contribution in [0.25, 0.3) is 10.4 Å². The van der Waals surface area contributed by atoms with Crippen LogP contribution in [0.2, 0.25) is 0 Å². The second-order valence-electron chi connectivity index (χ2n) is 3.24. The Morgan fingerprint density at radius 1 is 1.53 bits per heavy atom. The smallest absolute Gasteiger partial charge is 0.0994 e. The van der Waals surface area contributed by atoms with Crippen LogP contribution in [-0.2, 0) is 13.0 Å². The molecule has 0 bridgehead atoms. The number of aryl methyl sites for hydroxylation is 1. The number of hydrogen-bond acceptors (Lipinski definition) is 2. The Morgan fingerprint density at radius 2 is 2.33 bits per heavy atom. The molecule has 1 rings (SSSR count). The van der Waals surface area contributed by atoms with Gasteiger partial charge >= 0.3 is 0 Å². The number of rotatable bonds is 4. The van der Waals surface area contributed by atoms with Crippen LogP contribution in [-0.4, -0.2) is 0 Å². The monoisotopic (exact) mass is 200 g/mol. The average molecular weight is 200 g/mol. The predicted molar refractivity (Wildman–Crippen MR) is 58.0 cm³/mol. The SMILES string of the molecule is CCCc1cc(CN=[N+]=[N-])ccc1C#N. The lowest BCUT2D eigenvalue weighted by Crippen LogP contribution is -1.92. The van der Waals surface area contributed by atoms with Gasteiger partial charge in [-0.1, -0.05) is 30.6 Å². The third kappa shape index (κ3) is 3.01. The zero-order chi connectivity index (χ0) is 11.1. The molecule has 15 heavy (non-hydrogen) atoms. The van der Waals surface area contributed by atoms with E-state index in [1.807, 2.05) is 12.1 Å². The summed E-state index contributed by atoms with van der Waals surface area (Å²) in [5.41, 5.74) is 10.9. The molecule has 0 saturated carbocycles. The zero-order valence-electron chi connectivity index (χ0n) is 8.64. The number of nitrogens with zero attached hydrogens (tertiary/aromatic N) is 4. The molecule has 4 heteroatoms. The van der Waals surface area contributed by atoms with Gasteiger partial charge in [0.15, 0.2) is 0 Å². The molecule has 0 radical (unpaired) electrons. The summed E-state index contributed by atoms with van der Waals surface area (Å²) in [5, 5.41) is 12.4. The van der Waals surface area contributed by atoms with E-state index in [1.165, 1.54) is 0 Å². The van der Waals surface area contributed by atoms with Gasteiger partial charge in [-0.3, -0.25) is 0 Å². The first-order chi connectivity index (χ1) is 7.31. The number of benzene rings is 1. The summed E-state index contributed by atoms with van der Waals surface area (Å²) in [6.45, 7) is 2.42. The second-order valence-corrected chi connectivity index (χ2v) is 3.24. The van der Waals surface area contributed by atoms with E-state index in [0.717, 1.165) is 24.0 Å². The molecule has 0 aliphatic rings. The van der Waals surface area contributed by atoms with Crippen molar-refractivity contribution in [1.82, 2.24) is 0 Å². The molecule has 0 atom stereocenters. The van der Waals surface area contributed by atoms with E-state index in [0.29, 0.717) is 12.1 Å². The van der Waals surface area contributed by atoms with Crippen molar-refractivity contribution >= 4 is 0 Å². The Bertz CT molecular complexity index is 425. The van der Waals surface area contributed by atoms with Crippen molar-refractivity contribution in [2.45, 2.75) is 26.3 Å². The Kier molecular flexibility index (Phi) is 4.21. The van der Waals surface area contributed by atoms with E-state index in [9.17, 15) is 0 Å². The summed E-state index contributed by atoms with van der Waals surface area (Å²) in [5.74, 6) is 0. The summed E-state index contributed by atoms with van der Waals surface area (Å²) in [6, 6.07) is 7.71. The van der Waals surface area contributed by atoms with Crippen LogP contribution in [0.3, 0.4) is 0 Å². The van der Waals surface area contributed by atoms with E-state index in [2.05, 4.69) is 23.0 Å². The van der Waals surface area contributed by atoms with Crippen LogP contribution in [0.15, 0.2) is 23.3 Å². The van der Waals surface area contributed by atoms with Crippen LogP contribution in [0.4, 0.5) is 0 Å². The molecular weight excluding hydrogens is 188 g/mol. The molecule has 0 heterocycles. The van der Waals surface area contributed by atoms with Crippen molar-refractivity contribution in [3.8, 4) is 6.07 Å². The van der Waals surface area contributed by atoms with E-state index >= 15 is 0 Å². The van der Waals surface area contributed by atoms with Crippen LogP contribution in [0, 0.1) is 11.3 Å². The number of nitriles is 1. The quantitative estimate of drug-likeness (QED) is 0.417. The third-order valence-corrected chi connectivity index (χ3v) is 2.13. The van der Waals surface area contributed by atoms with Gasteiger partial charge < -0.3 is 0 Å². The maximum atomic E-state index is 8.88. The molecule has 1 aromatic carbocycles. The molecule has 0 aliphatic heterocycles. The minimum atomic E-state index is 0.346. The number of azide groups is 1. The molecule has 0 spiro atoms. The average Bonchev–Trinajstić information content (AvgIpc) is 2.27. The summed E-state index contributed by atoms with van der Waals surface area (Å²) < 4.78 is 0. The lowest BCUT2D eigenvalue weighted by Gasteiger charge is -2.04. The van der Waals surface area contributed by atoms with Crippen LogP contribution >= 0.6 is 0 Å². The Hall–Kier alpha value is -1.98. The molecular formula is C11H12N4. The highest BCUT2D eigenvalue weighted by Gasteiger charge is 2.02. The first-order valence-electron chi connectivity index (χ1n) is 4.84. The maximum absolute atomic E-state index is 8.88. The molecule has 1 aromatic rings. The normalized spacial score (nSPS) is 9.07. The fraction of sp³-hybridized carbons (Fsp3) is 0.364. The van der Waals surface area contributed by atoms with E-state index in [-0.39, 0.29) is 0 Å². The highest BCUT2D eigenvalue weighted by molar-refractivity contribution is 5.40. The molecule has 0 N–H and O–H groups in total. The minimum Gasteiger partial charge on any atom is -0.192 e. The fourth-order valence-electron chi connectivity index (χ4n) is 1.44. The highest BCUT2D eigenvalue weighted by Crippen LogP contribution is 2.14. The van der Waals surface area contributed by atoms with Crippen LogP contribution in [0.1, 0.15) is 30.0 Å². The first kappa shape index (κ1) is 11.1. The van der Waals surface area contributed by atoms with Crippen molar-refractivity contribution in [1.29, 1.82) is 5.26 Å². The Morgan fingerprint density at radius 3 is 2.93 bits per heavy atom. The van der Waals surface area contributed by atoms with E-state index in [1.54, 1.807) is 6.07 Å². The van der Waals surface area contributed by atoms with E-state index < -0.39 is 0 Å². The largest absolute Gasteiger partial charge is 0.192 e. The second kappa shape index (κ2) is 5.69. The molecule has 0 unspecified atom stereocenters. The van der Waals surface area contributed by atoms with Gasteiger partial charge in [-0.2, -0.15) is 5.26 Å². The topological polar surface area (TPSA) is 72.6 Å². The van der Waals surface area contributed by atoms with Gasteiger partial charge in [0, 0.05) is 4.91 Å². The predicted octanol–water partition coefficient (Wildman–Crippen LogP) is 3.32. The highest BCUT2D eigenvalue weighted by atomic mass is 15.1. The van der Waals surface area contributed by atoms with E-state index in [4.69, 9.17) is 10.8 Å². The van der Waals surface area contributed by atoms with Crippen molar-refractivity contribution in [2.24, 2.45) is 5.11 Å². The maximum Gasteiger partial charge on any atom is 0.0994 e. The van der Waals surface area contributed by atoms with Crippen molar-refractivity contribution in [3.05, 3.63) is 45.3 Å². The Balaban J connectivity index is 2.99. The van der Waals surface area contributed by atoms with Gasteiger partial charge in [-0.05, 0) is 29.1 Å². The van der Waals surface area contributed by atoms with Gasteiger partial charge in [0.1, 0.15) is 0 Å². The van der Waals surface area contributed by atoms with Crippen molar-refractivity contribution < 1.29 is 0 Å². The first-order valence-corrected chi connectivity index (χ1v) is 4.84. The fourth-order valence-corrected chi connectivity index (χ4v) is 1.44. The summed E-state index contributed by atoms with van der Waals surface area (Å²) in [7, 11) is 0. The third-order valence-electron chi connectivity index (χ3n) is 2.13. The molecule has 0 aliphatic carbocycles. The molecule has 4 nitrogen and oxygen atoms in total. The summed E-state index contributed by atoms with van der Waals surface area (Å²) in [4.78, 5) is 2.71. The minimum absolute atomic E-state index is 0.346. The van der Waals surface area contributed by atoms with Crippen LogP contribution < -0.4 is 0 Å². The van der Waals surface area contributed by atoms with Crippen molar-refractivity contribution in [2.75, 3.05) is 0 Å². The van der Waals surface area contributed by atoms with Gasteiger partial charge in [0.25, 0.3) is 0 Å². The van der Waals surface area contributed by atoms with Crippen molar-refractivity contribution in [3.63, 3.8) is 0 Å². The van der Waals surface area contributed by atoms with Crippen LogP contribution in [0.5, 0.6) is 0 Å². The standard InChI is InChI=1S/C11H12N4/c1-2-3-10-6-9(8-14-15-13)4-5-11(10)7-12/h4-6H,2-3,8H2,1H3. The van der Waals surface area contributed by atoms with Gasteiger partial charge in [-0.25, -0.2) is 0 Å². The number of hydrogen-bond donors (Lipinski definition) is 0. The molecule has 0 fully saturated rings.